The summed E-state index contributed by atoms with van der Waals surface area (Å²) in [6.45, 7) is 6.96. The predicted octanol–water partition coefficient (Wildman–Crippen LogP) is 0.376. The van der Waals surface area contributed by atoms with Gasteiger partial charge in [-0.25, -0.2) is 0 Å². The van der Waals surface area contributed by atoms with Gasteiger partial charge in [0.2, 0.25) is 5.91 Å². The number of nitrogens with zero attached hydrogens (tertiary/aromatic N) is 1. The molecular weight excluding hydrogens is 192 g/mol. The van der Waals surface area contributed by atoms with Gasteiger partial charge in [-0.3, -0.25) is 4.79 Å². The third-order valence-corrected chi connectivity index (χ3v) is 3.26. The van der Waals surface area contributed by atoms with Crippen LogP contribution < -0.4 is 5.32 Å². The van der Waals surface area contributed by atoms with Crippen LogP contribution in [0.1, 0.15) is 26.7 Å². The van der Waals surface area contributed by atoms with E-state index in [2.05, 4.69) is 12.2 Å². The Morgan fingerprint density at radius 2 is 2.00 bits per heavy atom. The summed E-state index contributed by atoms with van der Waals surface area (Å²) in [4.78, 5) is 13.9. The van der Waals surface area contributed by atoms with Crippen molar-refractivity contribution in [2.75, 3.05) is 26.3 Å². The monoisotopic (exact) mass is 212 g/mol. The van der Waals surface area contributed by atoms with Crippen molar-refractivity contribution in [3.05, 3.63) is 0 Å². The summed E-state index contributed by atoms with van der Waals surface area (Å²) in [6, 6.07) is -0.0596. The molecule has 86 valence electrons. The molecule has 2 aliphatic rings. The molecule has 1 saturated carbocycles. The van der Waals surface area contributed by atoms with Crippen molar-refractivity contribution < 1.29 is 9.53 Å². The number of ether oxygens (including phenoxy) is 1. The van der Waals surface area contributed by atoms with E-state index < -0.39 is 0 Å². The highest BCUT2D eigenvalue weighted by Crippen LogP contribution is 2.34. The Balaban J connectivity index is 1.83. The topological polar surface area (TPSA) is 41.6 Å². The van der Waals surface area contributed by atoms with Gasteiger partial charge in [0, 0.05) is 18.6 Å². The van der Waals surface area contributed by atoms with Gasteiger partial charge in [0.25, 0.3) is 0 Å². The molecule has 1 aliphatic carbocycles. The van der Waals surface area contributed by atoms with Crippen LogP contribution in [0.3, 0.4) is 0 Å². The first kappa shape index (κ1) is 10.9. The number of nitrogens with one attached hydrogen (secondary N) is 1. The van der Waals surface area contributed by atoms with E-state index in [1.54, 1.807) is 0 Å². The minimum Gasteiger partial charge on any atom is -0.378 e. The molecule has 0 spiro atoms. The molecule has 4 heteroatoms. The summed E-state index contributed by atoms with van der Waals surface area (Å²) in [5.74, 6) is 0.214. The van der Waals surface area contributed by atoms with E-state index in [0.29, 0.717) is 13.2 Å². The minimum atomic E-state index is -0.0596. The Morgan fingerprint density at radius 1 is 1.40 bits per heavy atom. The molecule has 15 heavy (non-hydrogen) atoms. The smallest absolute Gasteiger partial charge is 0.239 e. The molecular formula is C11H20N2O2. The van der Waals surface area contributed by atoms with Gasteiger partial charge < -0.3 is 15.0 Å². The van der Waals surface area contributed by atoms with Gasteiger partial charge in [-0.2, -0.15) is 0 Å². The van der Waals surface area contributed by atoms with Crippen LogP contribution in [0.4, 0.5) is 0 Å². The van der Waals surface area contributed by atoms with E-state index in [1.165, 1.54) is 12.8 Å². The molecule has 4 nitrogen and oxygen atoms in total. The normalized spacial score (nSPS) is 26.1. The summed E-state index contributed by atoms with van der Waals surface area (Å²) in [7, 11) is 0. The van der Waals surface area contributed by atoms with Crippen LogP contribution >= 0.6 is 0 Å². The fourth-order valence-electron chi connectivity index (χ4n) is 1.97. The van der Waals surface area contributed by atoms with Gasteiger partial charge in [-0.05, 0) is 26.7 Å². The first-order valence-electron chi connectivity index (χ1n) is 5.75. The van der Waals surface area contributed by atoms with Gasteiger partial charge >= 0.3 is 0 Å². The number of amides is 1. The van der Waals surface area contributed by atoms with E-state index in [9.17, 15) is 4.79 Å². The Hall–Kier alpha value is -0.610. The second-order valence-corrected chi connectivity index (χ2v) is 4.86. The number of carbonyl (C=O) groups excluding carboxylic acids is 1. The van der Waals surface area contributed by atoms with Crippen LogP contribution in [0.25, 0.3) is 0 Å². The molecule has 0 radical (unpaired) electrons. The minimum absolute atomic E-state index is 0.0596. The second-order valence-electron chi connectivity index (χ2n) is 4.86. The van der Waals surface area contributed by atoms with E-state index in [1.807, 2.05) is 11.8 Å². The first-order chi connectivity index (χ1) is 7.11. The highest BCUT2D eigenvalue weighted by Gasteiger charge is 2.39. The molecule has 0 aromatic carbocycles. The third kappa shape index (κ3) is 2.69. The molecule has 0 aromatic heterocycles. The van der Waals surface area contributed by atoms with E-state index >= 15 is 0 Å². The summed E-state index contributed by atoms with van der Waals surface area (Å²) < 4.78 is 5.23. The van der Waals surface area contributed by atoms with Crippen molar-refractivity contribution in [2.45, 2.75) is 38.3 Å². The highest BCUT2D eigenvalue weighted by atomic mass is 16.5. The van der Waals surface area contributed by atoms with Crippen molar-refractivity contribution in [1.82, 2.24) is 10.2 Å². The van der Waals surface area contributed by atoms with Crippen LogP contribution in [0.2, 0.25) is 0 Å². The van der Waals surface area contributed by atoms with Crippen molar-refractivity contribution in [3.8, 4) is 0 Å². The second kappa shape index (κ2) is 4.10. The zero-order valence-corrected chi connectivity index (χ0v) is 9.58. The van der Waals surface area contributed by atoms with E-state index in [4.69, 9.17) is 4.74 Å². The highest BCUT2D eigenvalue weighted by molar-refractivity contribution is 5.81. The average Bonchev–Trinajstić information content (AvgIpc) is 2.96. The zero-order chi connectivity index (χ0) is 10.9. The maximum atomic E-state index is 12.0. The lowest BCUT2D eigenvalue weighted by Gasteiger charge is -2.30. The Kier molecular flexibility index (Phi) is 2.98. The van der Waals surface area contributed by atoms with Crippen molar-refractivity contribution in [1.29, 1.82) is 0 Å². The number of morpholine rings is 1. The van der Waals surface area contributed by atoms with Crippen LogP contribution in [-0.2, 0) is 9.53 Å². The van der Waals surface area contributed by atoms with Gasteiger partial charge in [0.1, 0.15) is 0 Å². The lowest BCUT2D eigenvalue weighted by molar-refractivity contribution is -0.137. The summed E-state index contributed by atoms with van der Waals surface area (Å²) in [5.41, 5.74) is 0.224. The average molecular weight is 212 g/mol. The Morgan fingerprint density at radius 3 is 2.53 bits per heavy atom. The van der Waals surface area contributed by atoms with Crippen LogP contribution in [-0.4, -0.2) is 48.7 Å². The van der Waals surface area contributed by atoms with Crippen molar-refractivity contribution >= 4 is 5.91 Å². The van der Waals surface area contributed by atoms with Crippen LogP contribution in [0.15, 0.2) is 0 Å². The van der Waals surface area contributed by atoms with E-state index in [0.717, 1.165) is 13.1 Å². The quantitative estimate of drug-likeness (QED) is 0.735. The lowest BCUT2D eigenvalue weighted by Crippen LogP contribution is -2.51. The Bertz CT molecular complexity index is 245. The fraction of sp³-hybridized carbons (Fsp3) is 0.909. The molecule has 2 fully saturated rings. The SMILES string of the molecule is CC(NC1(C)CC1)C(=O)N1CCOCC1. The number of carbonyl (C=O) groups is 1. The molecule has 1 N–H and O–H groups in total. The standard InChI is InChI=1S/C11H20N2O2/c1-9(12-11(2)3-4-11)10(14)13-5-7-15-8-6-13/h9,12H,3-8H2,1-2H3. The molecule has 0 aromatic rings. The van der Waals surface area contributed by atoms with Gasteiger partial charge in [0.05, 0.1) is 19.3 Å². The van der Waals surface area contributed by atoms with Gasteiger partial charge in [-0.15, -0.1) is 0 Å². The molecule has 1 aliphatic heterocycles. The maximum Gasteiger partial charge on any atom is 0.239 e. The molecule has 1 unspecified atom stereocenters. The van der Waals surface area contributed by atoms with Crippen LogP contribution in [0, 0.1) is 0 Å². The van der Waals surface area contributed by atoms with Crippen LogP contribution in [0.5, 0.6) is 0 Å². The zero-order valence-electron chi connectivity index (χ0n) is 9.58. The molecule has 1 saturated heterocycles. The largest absolute Gasteiger partial charge is 0.378 e. The lowest BCUT2D eigenvalue weighted by atomic mass is 10.2. The number of rotatable bonds is 3. The maximum absolute atomic E-state index is 12.0. The molecule has 2 rings (SSSR count). The van der Waals surface area contributed by atoms with Gasteiger partial charge in [-0.1, -0.05) is 0 Å². The molecule has 0 bridgehead atoms. The van der Waals surface area contributed by atoms with Crippen molar-refractivity contribution in [2.24, 2.45) is 0 Å². The third-order valence-electron chi connectivity index (χ3n) is 3.26. The summed E-state index contributed by atoms with van der Waals surface area (Å²) >= 11 is 0. The first-order valence-corrected chi connectivity index (χ1v) is 5.75. The summed E-state index contributed by atoms with van der Waals surface area (Å²) in [5, 5.41) is 3.40. The van der Waals surface area contributed by atoms with Gasteiger partial charge in [0.15, 0.2) is 0 Å². The molecule has 1 amide bonds. The fourth-order valence-corrected chi connectivity index (χ4v) is 1.97. The summed E-state index contributed by atoms with van der Waals surface area (Å²) in [6.07, 6.45) is 2.38. The predicted molar refractivity (Wildman–Crippen MR) is 57.6 cm³/mol. The Labute approximate surface area is 91.0 Å². The van der Waals surface area contributed by atoms with E-state index in [-0.39, 0.29) is 17.5 Å². The number of hydrogen-bond acceptors (Lipinski definition) is 3. The number of hydrogen-bond donors (Lipinski definition) is 1. The van der Waals surface area contributed by atoms with Crippen molar-refractivity contribution in [3.63, 3.8) is 0 Å². The molecule has 1 heterocycles. The molecule has 1 atom stereocenters.